The van der Waals surface area contributed by atoms with Crippen LogP contribution in [0.15, 0.2) is 24.5 Å². The number of amides is 1. The number of nitrogens with zero attached hydrogens (tertiary/aromatic N) is 3. The molecule has 0 unspecified atom stereocenters. The Morgan fingerprint density at radius 2 is 1.94 bits per heavy atom. The predicted octanol–water partition coefficient (Wildman–Crippen LogP) is 3.46. The first-order valence-electron chi connectivity index (χ1n) is 11.4. The number of ether oxygens (including phenoxy) is 1. The summed E-state index contributed by atoms with van der Waals surface area (Å²) in [5.41, 5.74) is -0.396. The van der Waals surface area contributed by atoms with Crippen LogP contribution >= 0.6 is 0 Å². The minimum atomic E-state index is -4.46. The van der Waals surface area contributed by atoms with E-state index < -0.39 is 11.7 Å². The second-order valence-electron chi connectivity index (χ2n) is 8.98. The van der Waals surface area contributed by atoms with Crippen molar-refractivity contribution in [3.8, 4) is 0 Å². The molecular formula is C23H30F3N5O2. The lowest BCUT2D eigenvalue weighted by molar-refractivity contribution is -0.137. The van der Waals surface area contributed by atoms with Crippen molar-refractivity contribution in [2.75, 3.05) is 38.7 Å². The fourth-order valence-corrected chi connectivity index (χ4v) is 4.80. The van der Waals surface area contributed by atoms with Gasteiger partial charge in [-0.2, -0.15) is 13.2 Å². The van der Waals surface area contributed by atoms with Crippen LogP contribution in [0.2, 0.25) is 0 Å². The molecule has 4 rings (SSSR count). The molecule has 10 heteroatoms. The number of carbonyl (C=O) groups excluding carboxylic acids is 1. The van der Waals surface area contributed by atoms with E-state index >= 15 is 0 Å². The molecule has 0 radical (unpaired) electrons. The second-order valence-corrected chi connectivity index (χ2v) is 8.98. The minimum Gasteiger partial charge on any atom is -0.385 e. The van der Waals surface area contributed by atoms with Crippen LogP contribution in [-0.4, -0.2) is 66.2 Å². The lowest BCUT2D eigenvalue weighted by atomic mass is 9.82. The summed E-state index contributed by atoms with van der Waals surface area (Å²) in [4.78, 5) is 22.8. The maximum absolute atomic E-state index is 13.1. The van der Waals surface area contributed by atoms with Crippen molar-refractivity contribution in [3.63, 3.8) is 0 Å². The van der Waals surface area contributed by atoms with E-state index in [9.17, 15) is 18.0 Å². The molecule has 0 atom stereocenters. The van der Waals surface area contributed by atoms with Crippen molar-refractivity contribution in [1.29, 1.82) is 0 Å². The number of hydrogen-bond donors (Lipinski definition) is 2. The van der Waals surface area contributed by atoms with Crippen LogP contribution in [0.4, 0.5) is 19.0 Å². The molecule has 1 saturated heterocycles. The lowest BCUT2D eigenvalue weighted by Crippen LogP contribution is -2.63. The maximum atomic E-state index is 13.1. The summed E-state index contributed by atoms with van der Waals surface area (Å²) >= 11 is 0. The van der Waals surface area contributed by atoms with Gasteiger partial charge < -0.3 is 15.4 Å². The number of alkyl halides is 3. The number of benzene rings is 1. The molecule has 33 heavy (non-hydrogen) atoms. The number of methoxy groups -OCH3 is 1. The number of likely N-dealkylation sites (tertiary alicyclic amines) is 1. The molecule has 2 aromatic rings. The van der Waals surface area contributed by atoms with Gasteiger partial charge >= 0.3 is 6.18 Å². The van der Waals surface area contributed by atoms with Crippen LogP contribution in [0.1, 0.15) is 37.7 Å². The highest BCUT2D eigenvalue weighted by atomic mass is 19.4. The topological polar surface area (TPSA) is 79.4 Å². The van der Waals surface area contributed by atoms with Gasteiger partial charge in [-0.05, 0) is 56.2 Å². The molecule has 2 N–H and O–H groups in total. The number of anilines is 1. The molecule has 1 aromatic heterocycles. The SMILES string of the molecule is COCC[C@H]1CC[C@@H](N2CC(NC(=O)CNc3ncnc4ccc(C(F)(F)F)cc34)C2)CC1. The van der Waals surface area contributed by atoms with Crippen molar-refractivity contribution >= 4 is 22.6 Å². The Labute approximate surface area is 191 Å². The highest BCUT2D eigenvalue weighted by molar-refractivity contribution is 5.91. The highest BCUT2D eigenvalue weighted by Gasteiger charge is 2.35. The van der Waals surface area contributed by atoms with E-state index in [-0.39, 0.29) is 29.7 Å². The van der Waals surface area contributed by atoms with E-state index in [2.05, 4.69) is 25.5 Å². The molecule has 180 valence electrons. The second kappa shape index (κ2) is 10.2. The van der Waals surface area contributed by atoms with Crippen LogP contribution < -0.4 is 10.6 Å². The molecule has 0 bridgehead atoms. The van der Waals surface area contributed by atoms with Crippen molar-refractivity contribution in [3.05, 3.63) is 30.1 Å². The molecule has 1 amide bonds. The number of rotatable bonds is 8. The summed E-state index contributed by atoms with van der Waals surface area (Å²) in [5.74, 6) is 0.762. The summed E-state index contributed by atoms with van der Waals surface area (Å²) in [6, 6.07) is 3.98. The van der Waals surface area contributed by atoms with Crippen LogP contribution in [0.5, 0.6) is 0 Å². The first-order valence-corrected chi connectivity index (χ1v) is 11.4. The van der Waals surface area contributed by atoms with Crippen molar-refractivity contribution in [2.24, 2.45) is 5.92 Å². The van der Waals surface area contributed by atoms with Crippen molar-refractivity contribution in [2.45, 2.75) is 50.4 Å². The third-order valence-electron chi connectivity index (χ3n) is 6.72. The third kappa shape index (κ3) is 5.92. The van der Waals surface area contributed by atoms with Gasteiger partial charge in [0, 0.05) is 38.2 Å². The molecule has 0 spiro atoms. The number of nitrogens with one attached hydrogen (secondary N) is 2. The summed E-state index contributed by atoms with van der Waals surface area (Å²) in [6.45, 7) is 2.44. The molecule has 1 aliphatic carbocycles. The van der Waals surface area contributed by atoms with E-state index in [1.807, 2.05) is 0 Å². The Morgan fingerprint density at radius 1 is 1.18 bits per heavy atom. The van der Waals surface area contributed by atoms with Crippen LogP contribution in [0.3, 0.4) is 0 Å². The van der Waals surface area contributed by atoms with E-state index in [4.69, 9.17) is 4.74 Å². The average Bonchev–Trinajstić information content (AvgIpc) is 2.78. The number of hydrogen-bond acceptors (Lipinski definition) is 6. The summed E-state index contributed by atoms with van der Waals surface area (Å²) < 4.78 is 44.3. The zero-order chi connectivity index (χ0) is 23.4. The highest BCUT2D eigenvalue weighted by Crippen LogP contribution is 2.33. The zero-order valence-corrected chi connectivity index (χ0v) is 18.7. The van der Waals surface area contributed by atoms with Crippen LogP contribution in [-0.2, 0) is 15.7 Å². The van der Waals surface area contributed by atoms with Gasteiger partial charge in [0.05, 0.1) is 23.7 Å². The standard InChI is InChI=1S/C23H30F3N5O2/c1-33-9-8-15-2-5-18(6-3-15)31-12-17(13-31)30-21(32)11-27-22-19-10-16(23(24,25)26)4-7-20(19)28-14-29-22/h4,7,10,14-15,17-18H,2-3,5-6,8-9,11-13H2,1H3,(H,30,32)(H,27,28,29)/t15-,18+. The molecule has 1 aromatic carbocycles. The molecule has 2 fully saturated rings. The van der Waals surface area contributed by atoms with E-state index in [1.165, 1.54) is 38.1 Å². The zero-order valence-electron chi connectivity index (χ0n) is 18.7. The van der Waals surface area contributed by atoms with Crippen LogP contribution in [0.25, 0.3) is 10.9 Å². The van der Waals surface area contributed by atoms with E-state index in [0.29, 0.717) is 11.6 Å². The molecule has 1 aliphatic heterocycles. The number of carbonyl (C=O) groups is 1. The molecule has 2 heterocycles. The molecule has 7 nitrogen and oxygen atoms in total. The van der Waals surface area contributed by atoms with Gasteiger partial charge in [0.2, 0.25) is 5.91 Å². The quantitative estimate of drug-likeness (QED) is 0.622. The van der Waals surface area contributed by atoms with Gasteiger partial charge in [0.25, 0.3) is 0 Å². The van der Waals surface area contributed by atoms with E-state index in [1.54, 1.807) is 7.11 Å². The summed E-state index contributed by atoms with van der Waals surface area (Å²) in [6.07, 6.45) is 2.78. The summed E-state index contributed by atoms with van der Waals surface area (Å²) in [7, 11) is 1.75. The minimum absolute atomic E-state index is 0.0660. The largest absolute Gasteiger partial charge is 0.416 e. The third-order valence-corrected chi connectivity index (χ3v) is 6.72. The maximum Gasteiger partial charge on any atom is 0.416 e. The first-order chi connectivity index (χ1) is 15.8. The molecule has 2 aliphatic rings. The molecule has 1 saturated carbocycles. The van der Waals surface area contributed by atoms with Crippen LogP contribution in [0, 0.1) is 5.92 Å². The predicted molar refractivity (Wildman–Crippen MR) is 119 cm³/mol. The normalized spacial score (nSPS) is 22.2. The number of fused-ring (bicyclic) bond motifs is 1. The van der Waals surface area contributed by atoms with Gasteiger partial charge in [-0.3, -0.25) is 9.69 Å². The Bertz CT molecular complexity index is 957. The summed E-state index contributed by atoms with van der Waals surface area (Å²) in [5, 5.41) is 6.09. The van der Waals surface area contributed by atoms with Gasteiger partial charge in [-0.1, -0.05) is 0 Å². The van der Waals surface area contributed by atoms with Gasteiger partial charge in [-0.25, -0.2) is 9.97 Å². The Kier molecular flexibility index (Phi) is 7.33. The van der Waals surface area contributed by atoms with Crippen molar-refractivity contribution < 1.29 is 22.7 Å². The number of halogens is 3. The average molecular weight is 466 g/mol. The first kappa shape index (κ1) is 23.7. The Morgan fingerprint density at radius 3 is 2.64 bits per heavy atom. The van der Waals surface area contributed by atoms with Gasteiger partial charge in [0.15, 0.2) is 0 Å². The monoisotopic (exact) mass is 465 g/mol. The fourth-order valence-electron chi connectivity index (χ4n) is 4.80. The fraction of sp³-hybridized carbons (Fsp3) is 0.609. The van der Waals surface area contributed by atoms with Gasteiger partial charge in [0.1, 0.15) is 12.1 Å². The Balaban J connectivity index is 1.23. The smallest absolute Gasteiger partial charge is 0.385 e. The molecular weight excluding hydrogens is 435 g/mol. The Hall–Kier alpha value is -2.46. The lowest BCUT2D eigenvalue weighted by Gasteiger charge is -2.46. The van der Waals surface area contributed by atoms with Gasteiger partial charge in [-0.15, -0.1) is 0 Å². The van der Waals surface area contributed by atoms with Crippen molar-refractivity contribution in [1.82, 2.24) is 20.2 Å². The number of aromatic nitrogens is 2. The van der Waals surface area contributed by atoms with E-state index in [0.717, 1.165) is 44.2 Å².